The lowest BCUT2D eigenvalue weighted by atomic mass is 9.76. The van der Waals surface area contributed by atoms with Crippen LogP contribution < -0.4 is 5.73 Å². The molecule has 0 spiro atoms. The van der Waals surface area contributed by atoms with Crippen LogP contribution in [0.4, 0.5) is 0 Å². The van der Waals surface area contributed by atoms with Crippen molar-refractivity contribution in [2.45, 2.75) is 44.2 Å². The molecule has 1 aliphatic carbocycles. The SMILES string of the molecule is CC1(C)CN(C2(CN)CCc3ccccc3C2)CCO1. The van der Waals surface area contributed by atoms with Crippen molar-refractivity contribution in [1.82, 2.24) is 4.90 Å². The van der Waals surface area contributed by atoms with Gasteiger partial charge in [-0.3, -0.25) is 4.90 Å². The summed E-state index contributed by atoms with van der Waals surface area (Å²) in [5.41, 5.74) is 9.28. The predicted octanol–water partition coefficient (Wildman–Crippen LogP) is 1.98. The molecule has 20 heavy (non-hydrogen) atoms. The first-order chi connectivity index (χ1) is 9.55. The Morgan fingerprint density at radius 3 is 2.70 bits per heavy atom. The van der Waals surface area contributed by atoms with Gasteiger partial charge in [-0.15, -0.1) is 0 Å². The molecule has 1 aliphatic heterocycles. The minimum absolute atomic E-state index is 0.0581. The quantitative estimate of drug-likeness (QED) is 0.896. The highest BCUT2D eigenvalue weighted by Gasteiger charge is 2.42. The first-order valence-electron chi connectivity index (χ1n) is 7.71. The van der Waals surface area contributed by atoms with Gasteiger partial charge in [-0.25, -0.2) is 0 Å². The third kappa shape index (κ3) is 2.50. The van der Waals surface area contributed by atoms with E-state index >= 15 is 0 Å². The second-order valence-electron chi connectivity index (χ2n) is 6.90. The van der Waals surface area contributed by atoms with Gasteiger partial charge in [0.15, 0.2) is 0 Å². The fourth-order valence-electron chi connectivity index (χ4n) is 3.78. The van der Waals surface area contributed by atoms with E-state index < -0.39 is 0 Å². The number of rotatable bonds is 2. The predicted molar refractivity (Wildman–Crippen MR) is 81.9 cm³/mol. The van der Waals surface area contributed by atoms with Crippen LogP contribution in [0.1, 0.15) is 31.4 Å². The lowest BCUT2D eigenvalue weighted by molar-refractivity contribution is -0.117. The normalized spacial score (nSPS) is 29.9. The highest BCUT2D eigenvalue weighted by Crippen LogP contribution is 2.35. The molecule has 0 aromatic heterocycles. The monoisotopic (exact) mass is 274 g/mol. The summed E-state index contributed by atoms with van der Waals surface area (Å²) in [5.74, 6) is 0. The molecule has 1 unspecified atom stereocenters. The zero-order valence-electron chi connectivity index (χ0n) is 12.7. The third-order valence-corrected chi connectivity index (χ3v) is 4.97. The molecule has 0 bridgehead atoms. The second-order valence-corrected chi connectivity index (χ2v) is 6.90. The number of benzene rings is 1. The van der Waals surface area contributed by atoms with Crippen molar-refractivity contribution in [2.24, 2.45) is 5.73 Å². The Hall–Kier alpha value is -0.900. The maximum Gasteiger partial charge on any atom is 0.0753 e. The average molecular weight is 274 g/mol. The Morgan fingerprint density at radius 1 is 1.25 bits per heavy atom. The van der Waals surface area contributed by atoms with Gasteiger partial charge >= 0.3 is 0 Å². The van der Waals surface area contributed by atoms with Gasteiger partial charge in [-0.05, 0) is 44.2 Å². The van der Waals surface area contributed by atoms with Gasteiger partial charge in [-0.1, -0.05) is 24.3 Å². The van der Waals surface area contributed by atoms with Gasteiger partial charge in [0, 0.05) is 25.2 Å². The van der Waals surface area contributed by atoms with Crippen LogP contribution in [0.5, 0.6) is 0 Å². The van der Waals surface area contributed by atoms with E-state index in [0.29, 0.717) is 0 Å². The van der Waals surface area contributed by atoms with Crippen LogP contribution in [0.15, 0.2) is 24.3 Å². The van der Waals surface area contributed by atoms with E-state index in [2.05, 4.69) is 43.0 Å². The summed E-state index contributed by atoms with van der Waals surface area (Å²) >= 11 is 0. The summed E-state index contributed by atoms with van der Waals surface area (Å²) in [7, 11) is 0. The molecule has 0 amide bonds. The number of morpholine rings is 1. The van der Waals surface area contributed by atoms with Gasteiger partial charge in [0.25, 0.3) is 0 Å². The molecule has 3 heteroatoms. The lowest BCUT2D eigenvalue weighted by Gasteiger charge is -2.51. The molecule has 1 heterocycles. The maximum absolute atomic E-state index is 6.23. The zero-order chi connectivity index (χ0) is 14.2. The van der Waals surface area contributed by atoms with E-state index in [1.807, 2.05) is 0 Å². The van der Waals surface area contributed by atoms with Crippen molar-refractivity contribution in [3.63, 3.8) is 0 Å². The van der Waals surface area contributed by atoms with Gasteiger partial charge in [0.1, 0.15) is 0 Å². The minimum Gasteiger partial charge on any atom is -0.373 e. The maximum atomic E-state index is 6.23. The van der Waals surface area contributed by atoms with Crippen LogP contribution >= 0.6 is 0 Å². The smallest absolute Gasteiger partial charge is 0.0753 e. The third-order valence-electron chi connectivity index (χ3n) is 4.97. The topological polar surface area (TPSA) is 38.5 Å². The van der Waals surface area contributed by atoms with Crippen molar-refractivity contribution in [3.8, 4) is 0 Å². The van der Waals surface area contributed by atoms with Crippen LogP contribution in [0.3, 0.4) is 0 Å². The molecular weight excluding hydrogens is 248 g/mol. The minimum atomic E-state index is -0.0581. The average Bonchev–Trinajstić information content (AvgIpc) is 2.45. The van der Waals surface area contributed by atoms with E-state index in [4.69, 9.17) is 10.5 Å². The van der Waals surface area contributed by atoms with Crippen LogP contribution in [0, 0.1) is 0 Å². The molecular formula is C17H26N2O. The second kappa shape index (κ2) is 5.14. The Kier molecular flexibility index (Phi) is 3.61. The van der Waals surface area contributed by atoms with Gasteiger partial charge < -0.3 is 10.5 Å². The van der Waals surface area contributed by atoms with Gasteiger partial charge in [0.05, 0.1) is 12.2 Å². The van der Waals surface area contributed by atoms with Crippen molar-refractivity contribution in [1.29, 1.82) is 0 Å². The summed E-state index contributed by atoms with van der Waals surface area (Å²) in [5, 5.41) is 0. The number of ether oxygens (including phenoxy) is 1. The molecule has 0 radical (unpaired) electrons. The highest BCUT2D eigenvalue weighted by atomic mass is 16.5. The number of aryl methyl sites for hydroxylation is 1. The summed E-state index contributed by atoms with van der Waals surface area (Å²) in [4.78, 5) is 2.59. The number of nitrogens with zero attached hydrogens (tertiary/aromatic N) is 1. The molecule has 2 aliphatic rings. The van der Waals surface area contributed by atoms with E-state index in [1.54, 1.807) is 0 Å². The highest BCUT2D eigenvalue weighted by molar-refractivity contribution is 5.32. The van der Waals surface area contributed by atoms with Crippen molar-refractivity contribution in [3.05, 3.63) is 35.4 Å². The number of fused-ring (bicyclic) bond motifs is 1. The molecule has 1 aromatic rings. The fourth-order valence-corrected chi connectivity index (χ4v) is 3.78. The van der Waals surface area contributed by atoms with E-state index in [0.717, 1.165) is 45.5 Å². The number of hydrogen-bond donors (Lipinski definition) is 1. The zero-order valence-corrected chi connectivity index (χ0v) is 12.7. The summed E-state index contributed by atoms with van der Waals surface area (Å²) in [6.45, 7) is 7.89. The van der Waals surface area contributed by atoms with Gasteiger partial charge in [-0.2, -0.15) is 0 Å². The molecule has 3 rings (SSSR count). The fraction of sp³-hybridized carbons (Fsp3) is 0.647. The van der Waals surface area contributed by atoms with E-state index in [1.165, 1.54) is 11.1 Å². The molecule has 110 valence electrons. The summed E-state index contributed by atoms with van der Waals surface area (Å²) in [6.07, 6.45) is 3.39. The van der Waals surface area contributed by atoms with Gasteiger partial charge in [0.2, 0.25) is 0 Å². The first kappa shape index (κ1) is 14.1. The number of nitrogens with two attached hydrogens (primary N) is 1. The Bertz CT molecular complexity index is 486. The Balaban J connectivity index is 1.86. The van der Waals surface area contributed by atoms with Crippen LogP contribution in [0.2, 0.25) is 0 Å². The number of hydrogen-bond acceptors (Lipinski definition) is 3. The molecule has 3 nitrogen and oxygen atoms in total. The van der Waals surface area contributed by atoms with Crippen LogP contribution in [-0.4, -0.2) is 42.3 Å². The lowest BCUT2D eigenvalue weighted by Crippen LogP contribution is -2.63. The summed E-state index contributed by atoms with van der Waals surface area (Å²) < 4.78 is 5.86. The van der Waals surface area contributed by atoms with Crippen molar-refractivity contribution in [2.75, 3.05) is 26.2 Å². The molecule has 1 fully saturated rings. The molecule has 2 N–H and O–H groups in total. The first-order valence-corrected chi connectivity index (χ1v) is 7.71. The largest absolute Gasteiger partial charge is 0.373 e. The van der Waals surface area contributed by atoms with E-state index in [-0.39, 0.29) is 11.1 Å². The van der Waals surface area contributed by atoms with Crippen molar-refractivity contribution >= 4 is 0 Å². The molecule has 1 atom stereocenters. The van der Waals surface area contributed by atoms with Crippen LogP contribution in [-0.2, 0) is 17.6 Å². The Labute approximate surface area is 122 Å². The molecule has 0 saturated carbocycles. The Morgan fingerprint density at radius 2 is 2.00 bits per heavy atom. The van der Waals surface area contributed by atoms with Crippen molar-refractivity contribution < 1.29 is 4.74 Å². The van der Waals surface area contributed by atoms with Crippen LogP contribution in [0.25, 0.3) is 0 Å². The summed E-state index contributed by atoms with van der Waals surface area (Å²) in [6, 6.07) is 8.82. The standard InChI is InChI=1S/C17H26N2O/c1-16(2)13-19(9-10-20-16)17(12-18)8-7-14-5-3-4-6-15(14)11-17/h3-6H,7-13,18H2,1-2H3. The molecule has 1 saturated heterocycles. The molecule has 1 aromatic carbocycles. The van der Waals surface area contributed by atoms with E-state index in [9.17, 15) is 0 Å².